The molecule has 1 aliphatic carbocycles. The monoisotopic (exact) mass is 278 g/mol. The minimum atomic E-state index is 0.299. The number of fused-ring (bicyclic) bond motifs is 1. The lowest BCUT2D eigenvalue weighted by atomic mass is 10.0. The molecule has 0 bridgehead atoms. The van der Waals surface area contributed by atoms with Gasteiger partial charge in [0.1, 0.15) is 0 Å². The van der Waals surface area contributed by atoms with Crippen LogP contribution in [0.5, 0.6) is 0 Å². The zero-order chi connectivity index (χ0) is 13.3. The van der Waals surface area contributed by atoms with Gasteiger partial charge in [0.15, 0.2) is 0 Å². The van der Waals surface area contributed by atoms with Gasteiger partial charge in [0, 0.05) is 41.8 Å². The van der Waals surface area contributed by atoms with Gasteiger partial charge in [-0.25, -0.2) is 0 Å². The second kappa shape index (κ2) is 5.16. The van der Waals surface area contributed by atoms with Crippen molar-refractivity contribution in [1.82, 2.24) is 10.3 Å². The molecule has 19 heavy (non-hydrogen) atoms. The molecule has 2 aromatic rings. The Balaban J connectivity index is 1.63. The van der Waals surface area contributed by atoms with Gasteiger partial charge in [0.25, 0.3) is 0 Å². The van der Waals surface area contributed by atoms with Gasteiger partial charge in [0.05, 0.1) is 0 Å². The fourth-order valence-corrected chi connectivity index (χ4v) is 2.87. The smallest absolute Gasteiger partial charge is 0.0472 e. The number of aromatic amines is 1. The number of rotatable bonds is 6. The Bertz CT molecular complexity index is 575. The Morgan fingerprint density at radius 3 is 2.95 bits per heavy atom. The molecule has 0 spiro atoms. The number of aromatic nitrogens is 1. The average molecular weight is 279 g/mol. The molecule has 0 amide bonds. The van der Waals surface area contributed by atoms with E-state index in [2.05, 4.69) is 16.4 Å². The lowest BCUT2D eigenvalue weighted by Crippen LogP contribution is -2.24. The molecular formula is C15H19ClN2O. The van der Waals surface area contributed by atoms with E-state index in [1.807, 2.05) is 18.3 Å². The van der Waals surface area contributed by atoms with Crippen LogP contribution in [0.2, 0.25) is 5.02 Å². The molecule has 0 aliphatic heterocycles. The first kappa shape index (κ1) is 13.0. The molecule has 3 rings (SSSR count). The number of aliphatic hydroxyl groups excluding tert-OH is 1. The number of hydrogen-bond acceptors (Lipinski definition) is 2. The summed E-state index contributed by atoms with van der Waals surface area (Å²) in [6.45, 7) is 2.15. The summed E-state index contributed by atoms with van der Waals surface area (Å²) >= 11 is 5.98. The molecule has 1 saturated carbocycles. The van der Waals surface area contributed by atoms with E-state index in [0.717, 1.165) is 30.0 Å². The molecule has 0 unspecified atom stereocenters. The van der Waals surface area contributed by atoms with Crippen molar-refractivity contribution in [3.63, 3.8) is 0 Å². The molecule has 1 aromatic heterocycles. The Labute approximate surface area is 118 Å². The highest BCUT2D eigenvalue weighted by Crippen LogP contribution is 2.47. The molecule has 4 heteroatoms. The van der Waals surface area contributed by atoms with Crippen LogP contribution in [0.3, 0.4) is 0 Å². The Morgan fingerprint density at radius 1 is 1.37 bits per heavy atom. The van der Waals surface area contributed by atoms with Crippen molar-refractivity contribution in [2.75, 3.05) is 13.2 Å². The number of H-pyrrole nitrogens is 1. The highest BCUT2D eigenvalue weighted by atomic mass is 35.5. The fourth-order valence-electron chi connectivity index (χ4n) is 2.70. The largest absolute Gasteiger partial charge is 0.396 e. The summed E-state index contributed by atoms with van der Waals surface area (Å²) in [6.07, 6.45) is 5.44. The Morgan fingerprint density at radius 2 is 2.21 bits per heavy atom. The van der Waals surface area contributed by atoms with Crippen molar-refractivity contribution in [3.8, 4) is 0 Å². The fraction of sp³-hybridized carbons (Fsp3) is 0.467. The van der Waals surface area contributed by atoms with E-state index >= 15 is 0 Å². The predicted molar refractivity (Wildman–Crippen MR) is 78.4 cm³/mol. The van der Waals surface area contributed by atoms with Gasteiger partial charge in [-0.2, -0.15) is 0 Å². The van der Waals surface area contributed by atoms with Crippen LogP contribution in [0.1, 0.15) is 24.8 Å². The lowest BCUT2D eigenvalue weighted by molar-refractivity contribution is 0.245. The van der Waals surface area contributed by atoms with Crippen molar-refractivity contribution < 1.29 is 5.11 Å². The van der Waals surface area contributed by atoms with Crippen LogP contribution < -0.4 is 5.32 Å². The zero-order valence-electron chi connectivity index (χ0n) is 10.9. The summed E-state index contributed by atoms with van der Waals surface area (Å²) in [5.74, 6) is 0. The van der Waals surface area contributed by atoms with E-state index in [-0.39, 0.29) is 0 Å². The van der Waals surface area contributed by atoms with E-state index in [4.69, 9.17) is 16.7 Å². The van der Waals surface area contributed by atoms with Gasteiger partial charge in [-0.05, 0) is 42.4 Å². The summed E-state index contributed by atoms with van der Waals surface area (Å²) in [6, 6.07) is 5.94. The second-order valence-corrected chi connectivity index (χ2v) is 6.02. The SMILES string of the molecule is OCCC1(CNCc2c[nH]c3cc(Cl)ccc23)CC1. The van der Waals surface area contributed by atoms with Crippen molar-refractivity contribution in [2.24, 2.45) is 5.41 Å². The zero-order valence-corrected chi connectivity index (χ0v) is 11.6. The van der Waals surface area contributed by atoms with Crippen LogP contribution in [0.15, 0.2) is 24.4 Å². The van der Waals surface area contributed by atoms with Gasteiger partial charge in [0.2, 0.25) is 0 Å². The Kier molecular flexibility index (Phi) is 3.52. The van der Waals surface area contributed by atoms with Crippen LogP contribution >= 0.6 is 11.6 Å². The third-order valence-electron chi connectivity index (χ3n) is 4.14. The topological polar surface area (TPSA) is 48.0 Å². The van der Waals surface area contributed by atoms with Crippen LogP contribution in [0.25, 0.3) is 10.9 Å². The molecule has 0 atom stereocenters. The van der Waals surface area contributed by atoms with Crippen LogP contribution in [0.4, 0.5) is 0 Å². The molecule has 1 fully saturated rings. The molecule has 3 N–H and O–H groups in total. The Hall–Kier alpha value is -1.03. The molecule has 0 radical (unpaired) electrons. The molecular weight excluding hydrogens is 260 g/mol. The van der Waals surface area contributed by atoms with Gasteiger partial charge < -0.3 is 15.4 Å². The van der Waals surface area contributed by atoms with Gasteiger partial charge in [-0.15, -0.1) is 0 Å². The minimum Gasteiger partial charge on any atom is -0.396 e. The van der Waals surface area contributed by atoms with Crippen molar-refractivity contribution in [1.29, 1.82) is 0 Å². The van der Waals surface area contributed by atoms with E-state index in [0.29, 0.717) is 12.0 Å². The molecule has 102 valence electrons. The first-order chi connectivity index (χ1) is 9.22. The highest BCUT2D eigenvalue weighted by Gasteiger charge is 2.41. The first-order valence-corrected chi connectivity index (χ1v) is 7.17. The maximum Gasteiger partial charge on any atom is 0.0472 e. The average Bonchev–Trinajstić information content (AvgIpc) is 3.03. The molecule has 1 aliphatic rings. The van der Waals surface area contributed by atoms with E-state index in [9.17, 15) is 0 Å². The van der Waals surface area contributed by atoms with Crippen LogP contribution in [0, 0.1) is 5.41 Å². The molecule has 0 saturated heterocycles. The number of nitrogens with one attached hydrogen (secondary N) is 2. The summed E-state index contributed by atoms with van der Waals surface area (Å²) < 4.78 is 0. The second-order valence-electron chi connectivity index (χ2n) is 5.58. The predicted octanol–water partition coefficient (Wildman–Crippen LogP) is 3.07. The van der Waals surface area contributed by atoms with Crippen molar-refractivity contribution >= 4 is 22.5 Å². The summed E-state index contributed by atoms with van der Waals surface area (Å²) in [5.41, 5.74) is 2.72. The number of hydrogen-bond donors (Lipinski definition) is 3. The summed E-state index contributed by atoms with van der Waals surface area (Å²) in [4.78, 5) is 3.25. The third kappa shape index (κ3) is 2.78. The first-order valence-electron chi connectivity index (χ1n) is 6.80. The normalized spacial score (nSPS) is 16.9. The maximum atomic E-state index is 9.05. The lowest BCUT2D eigenvalue weighted by Gasteiger charge is -2.14. The number of aliphatic hydroxyl groups is 1. The maximum absolute atomic E-state index is 9.05. The van der Waals surface area contributed by atoms with Crippen LogP contribution in [-0.2, 0) is 6.54 Å². The number of benzene rings is 1. The van der Waals surface area contributed by atoms with E-state index in [1.54, 1.807) is 0 Å². The quantitative estimate of drug-likeness (QED) is 0.760. The van der Waals surface area contributed by atoms with E-state index < -0.39 is 0 Å². The molecule has 1 heterocycles. The van der Waals surface area contributed by atoms with E-state index in [1.165, 1.54) is 23.8 Å². The minimum absolute atomic E-state index is 0.299. The van der Waals surface area contributed by atoms with Crippen molar-refractivity contribution in [3.05, 3.63) is 35.0 Å². The standard InChI is InChI=1S/C15H19ClN2O/c16-12-1-2-13-11(9-18-14(13)7-12)8-17-10-15(3-4-15)5-6-19/h1-2,7,9,17-19H,3-6,8,10H2. The van der Waals surface area contributed by atoms with Gasteiger partial charge >= 0.3 is 0 Å². The summed E-state index contributed by atoms with van der Waals surface area (Å²) in [7, 11) is 0. The highest BCUT2D eigenvalue weighted by molar-refractivity contribution is 6.31. The molecule has 1 aromatic carbocycles. The molecule has 3 nitrogen and oxygen atoms in total. The summed E-state index contributed by atoms with van der Waals surface area (Å²) in [5, 5.41) is 14.5. The third-order valence-corrected chi connectivity index (χ3v) is 4.38. The number of halogens is 1. The van der Waals surface area contributed by atoms with Gasteiger partial charge in [-0.1, -0.05) is 17.7 Å². The van der Waals surface area contributed by atoms with Crippen molar-refractivity contribution in [2.45, 2.75) is 25.8 Å². The van der Waals surface area contributed by atoms with Crippen LogP contribution in [-0.4, -0.2) is 23.2 Å². The van der Waals surface area contributed by atoms with Gasteiger partial charge in [-0.3, -0.25) is 0 Å².